The molecule has 0 radical (unpaired) electrons. The zero-order chi connectivity index (χ0) is 13.0. The van der Waals surface area contributed by atoms with Crippen molar-refractivity contribution in [2.24, 2.45) is 7.05 Å². The number of hydrogen-bond donors (Lipinski definition) is 3. The highest BCUT2D eigenvalue weighted by atomic mass is 16.3. The standard InChI is InChI=1S/C10H16N4O3/c1-6-8(7(2)14(3)13-6)12-10(17)9(16)11-4-5-15/h15H,4-5H2,1-3H3,(H,11,16)(H,12,17). The summed E-state index contributed by atoms with van der Waals surface area (Å²) in [6, 6.07) is 0. The molecular weight excluding hydrogens is 224 g/mol. The lowest BCUT2D eigenvalue weighted by Crippen LogP contribution is -2.37. The highest BCUT2D eigenvalue weighted by molar-refractivity contribution is 6.39. The third-order valence-electron chi connectivity index (χ3n) is 2.35. The summed E-state index contributed by atoms with van der Waals surface area (Å²) in [5.41, 5.74) is 1.95. The first-order chi connectivity index (χ1) is 7.97. The summed E-state index contributed by atoms with van der Waals surface area (Å²) in [5.74, 6) is -1.54. The van der Waals surface area contributed by atoms with Crippen LogP contribution in [0.2, 0.25) is 0 Å². The van der Waals surface area contributed by atoms with E-state index in [1.54, 1.807) is 25.6 Å². The van der Waals surface area contributed by atoms with Crippen molar-refractivity contribution in [2.45, 2.75) is 13.8 Å². The minimum Gasteiger partial charge on any atom is -0.395 e. The molecule has 1 heterocycles. The Balaban J connectivity index is 2.71. The molecule has 0 aliphatic heterocycles. The third-order valence-corrected chi connectivity index (χ3v) is 2.35. The first kappa shape index (κ1) is 13.2. The third kappa shape index (κ3) is 3.04. The second-order valence-corrected chi connectivity index (χ2v) is 3.60. The predicted octanol–water partition coefficient (Wildman–Crippen LogP) is -0.916. The fourth-order valence-electron chi connectivity index (χ4n) is 1.37. The van der Waals surface area contributed by atoms with Gasteiger partial charge in [-0.05, 0) is 13.8 Å². The van der Waals surface area contributed by atoms with Crippen LogP contribution in [0, 0.1) is 13.8 Å². The molecule has 0 spiro atoms. The van der Waals surface area contributed by atoms with E-state index in [0.717, 1.165) is 5.69 Å². The molecule has 94 valence electrons. The van der Waals surface area contributed by atoms with Gasteiger partial charge < -0.3 is 15.7 Å². The molecule has 17 heavy (non-hydrogen) atoms. The van der Waals surface area contributed by atoms with Crippen molar-refractivity contribution >= 4 is 17.5 Å². The molecule has 0 atom stereocenters. The molecule has 2 amide bonds. The Kier molecular flexibility index (Phi) is 4.22. The van der Waals surface area contributed by atoms with Crippen LogP contribution in [0.4, 0.5) is 5.69 Å². The first-order valence-electron chi connectivity index (χ1n) is 5.17. The van der Waals surface area contributed by atoms with Crippen molar-refractivity contribution in [2.75, 3.05) is 18.5 Å². The van der Waals surface area contributed by atoms with Gasteiger partial charge in [0.2, 0.25) is 0 Å². The number of aryl methyl sites for hydroxylation is 2. The van der Waals surface area contributed by atoms with Crippen molar-refractivity contribution in [3.8, 4) is 0 Å². The minimum atomic E-state index is -0.776. The van der Waals surface area contributed by atoms with Gasteiger partial charge >= 0.3 is 11.8 Å². The number of aliphatic hydroxyl groups excluding tert-OH is 1. The van der Waals surface area contributed by atoms with E-state index in [-0.39, 0.29) is 13.2 Å². The number of carbonyl (C=O) groups excluding carboxylic acids is 2. The van der Waals surface area contributed by atoms with Gasteiger partial charge in [-0.1, -0.05) is 0 Å². The Morgan fingerprint density at radius 2 is 2.00 bits per heavy atom. The minimum absolute atomic E-state index is 0.0528. The number of hydrogen-bond acceptors (Lipinski definition) is 4. The fraction of sp³-hybridized carbons (Fsp3) is 0.500. The van der Waals surface area contributed by atoms with E-state index in [1.807, 2.05) is 0 Å². The maximum Gasteiger partial charge on any atom is 0.313 e. The second-order valence-electron chi connectivity index (χ2n) is 3.60. The molecule has 1 aromatic heterocycles. The average Bonchev–Trinajstić information content (AvgIpc) is 2.52. The van der Waals surface area contributed by atoms with Crippen LogP contribution in [0.3, 0.4) is 0 Å². The van der Waals surface area contributed by atoms with Crippen LogP contribution in [-0.4, -0.2) is 39.9 Å². The number of aromatic nitrogens is 2. The van der Waals surface area contributed by atoms with Gasteiger partial charge in [0, 0.05) is 13.6 Å². The lowest BCUT2D eigenvalue weighted by atomic mass is 10.3. The van der Waals surface area contributed by atoms with Gasteiger partial charge in [0.25, 0.3) is 0 Å². The van der Waals surface area contributed by atoms with Crippen LogP contribution >= 0.6 is 0 Å². The lowest BCUT2D eigenvalue weighted by molar-refractivity contribution is -0.136. The van der Waals surface area contributed by atoms with Gasteiger partial charge in [0.05, 0.1) is 23.7 Å². The van der Waals surface area contributed by atoms with Crippen molar-refractivity contribution in [1.82, 2.24) is 15.1 Å². The van der Waals surface area contributed by atoms with Gasteiger partial charge in [-0.3, -0.25) is 14.3 Å². The number of anilines is 1. The highest BCUT2D eigenvalue weighted by Gasteiger charge is 2.17. The van der Waals surface area contributed by atoms with Crippen LogP contribution in [0.15, 0.2) is 0 Å². The molecule has 0 saturated heterocycles. The monoisotopic (exact) mass is 240 g/mol. The summed E-state index contributed by atoms with van der Waals surface area (Å²) in [6.45, 7) is 3.39. The normalized spacial score (nSPS) is 10.1. The van der Waals surface area contributed by atoms with Crippen LogP contribution in [0.25, 0.3) is 0 Å². The zero-order valence-corrected chi connectivity index (χ0v) is 10.1. The van der Waals surface area contributed by atoms with Gasteiger partial charge in [-0.2, -0.15) is 5.10 Å². The Morgan fingerprint density at radius 1 is 1.35 bits per heavy atom. The summed E-state index contributed by atoms with van der Waals surface area (Å²) < 4.78 is 1.62. The van der Waals surface area contributed by atoms with Crippen molar-refractivity contribution in [1.29, 1.82) is 0 Å². The molecule has 0 aliphatic carbocycles. The molecular formula is C10H16N4O3. The van der Waals surface area contributed by atoms with E-state index >= 15 is 0 Å². The average molecular weight is 240 g/mol. The molecule has 3 N–H and O–H groups in total. The van der Waals surface area contributed by atoms with Gasteiger partial charge in [-0.15, -0.1) is 0 Å². The number of nitrogens with zero attached hydrogens (tertiary/aromatic N) is 2. The number of amides is 2. The Labute approximate surface area is 98.8 Å². The van der Waals surface area contributed by atoms with Gasteiger partial charge in [0.1, 0.15) is 0 Å². The lowest BCUT2D eigenvalue weighted by Gasteiger charge is -2.05. The molecule has 0 unspecified atom stereocenters. The molecule has 0 bridgehead atoms. The smallest absolute Gasteiger partial charge is 0.313 e. The second kappa shape index (κ2) is 5.44. The Hall–Kier alpha value is -1.89. The maximum absolute atomic E-state index is 11.5. The molecule has 0 fully saturated rings. The summed E-state index contributed by atoms with van der Waals surface area (Å²) in [6.07, 6.45) is 0. The van der Waals surface area contributed by atoms with Crippen molar-refractivity contribution in [3.05, 3.63) is 11.4 Å². The van der Waals surface area contributed by atoms with Crippen LogP contribution in [0.5, 0.6) is 0 Å². The molecule has 7 nitrogen and oxygen atoms in total. The van der Waals surface area contributed by atoms with Crippen LogP contribution < -0.4 is 10.6 Å². The number of rotatable bonds is 3. The van der Waals surface area contributed by atoms with Gasteiger partial charge in [0.15, 0.2) is 0 Å². The zero-order valence-electron chi connectivity index (χ0n) is 10.1. The first-order valence-corrected chi connectivity index (χ1v) is 5.17. The Morgan fingerprint density at radius 3 is 2.47 bits per heavy atom. The molecule has 0 aliphatic rings. The van der Waals surface area contributed by atoms with Crippen molar-refractivity contribution in [3.63, 3.8) is 0 Å². The van der Waals surface area contributed by atoms with Gasteiger partial charge in [-0.25, -0.2) is 0 Å². The topological polar surface area (TPSA) is 96.2 Å². The van der Waals surface area contributed by atoms with E-state index in [9.17, 15) is 9.59 Å². The summed E-state index contributed by atoms with van der Waals surface area (Å²) in [7, 11) is 1.75. The quantitative estimate of drug-likeness (QED) is 0.595. The van der Waals surface area contributed by atoms with Crippen molar-refractivity contribution < 1.29 is 14.7 Å². The maximum atomic E-state index is 11.5. The molecule has 1 rings (SSSR count). The largest absolute Gasteiger partial charge is 0.395 e. The Bertz CT molecular complexity index is 439. The van der Waals surface area contributed by atoms with E-state index in [0.29, 0.717) is 11.4 Å². The molecule has 0 aromatic carbocycles. The summed E-state index contributed by atoms with van der Waals surface area (Å²) in [5, 5.41) is 17.4. The molecule has 1 aromatic rings. The SMILES string of the molecule is Cc1nn(C)c(C)c1NC(=O)C(=O)NCCO. The summed E-state index contributed by atoms with van der Waals surface area (Å²) in [4.78, 5) is 22.8. The predicted molar refractivity (Wildman–Crippen MR) is 61.4 cm³/mol. The summed E-state index contributed by atoms with van der Waals surface area (Å²) >= 11 is 0. The number of aliphatic hydroxyl groups is 1. The van der Waals surface area contributed by atoms with E-state index in [4.69, 9.17) is 5.11 Å². The van der Waals surface area contributed by atoms with E-state index in [2.05, 4.69) is 15.7 Å². The fourth-order valence-corrected chi connectivity index (χ4v) is 1.37. The van der Waals surface area contributed by atoms with E-state index in [1.165, 1.54) is 0 Å². The number of nitrogens with one attached hydrogen (secondary N) is 2. The number of carbonyl (C=O) groups is 2. The molecule has 0 saturated carbocycles. The van der Waals surface area contributed by atoms with E-state index < -0.39 is 11.8 Å². The van der Waals surface area contributed by atoms with Crippen LogP contribution in [-0.2, 0) is 16.6 Å². The van der Waals surface area contributed by atoms with Crippen LogP contribution in [0.1, 0.15) is 11.4 Å². The molecule has 7 heteroatoms. The highest BCUT2D eigenvalue weighted by Crippen LogP contribution is 2.17.